The van der Waals surface area contributed by atoms with Crippen molar-refractivity contribution < 1.29 is 14.3 Å². The van der Waals surface area contributed by atoms with Crippen LogP contribution in [-0.2, 0) is 13.0 Å². The van der Waals surface area contributed by atoms with Gasteiger partial charge in [0.15, 0.2) is 11.5 Å². The highest BCUT2D eigenvalue weighted by Gasteiger charge is 2.23. The summed E-state index contributed by atoms with van der Waals surface area (Å²) in [5.74, 6) is 1.42. The maximum absolute atomic E-state index is 12.3. The Morgan fingerprint density at radius 3 is 2.52 bits per heavy atom. The predicted molar refractivity (Wildman–Crippen MR) is 76.7 cm³/mol. The quantitative estimate of drug-likeness (QED) is 0.847. The van der Waals surface area contributed by atoms with Gasteiger partial charge in [-0.3, -0.25) is 4.57 Å². The number of hydrogen-bond donors (Lipinski definition) is 0. The van der Waals surface area contributed by atoms with Gasteiger partial charge in [-0.15, -0.1) is 0 Å². The highest BCUT2D eigenvalue weighted by Crippen LogP contribution is 2.33. The number of ether oxygens (including phenoxy) is 2. The fraction of sp³-hybridized carbons (Fsp3) is 0.333. The number of hydrogen-bond acceptors (Lipinski definition) is 4. The maximum atomic E-state index is 12.3. The molecule has 1 aromatic carbocycles. The second-order valence-electron chi connectivity index (χ2n) is 4.90. The monoisotopic (exact) mass is 287 g/mol. The number of nitrogens with zero attached hydrogens (tertiary/aromatic N) is 3. The van der Waals surface area contributed by atoms with Gasteiger partial charge >= 0.3 is 6.03 Å². The molecule has 0 radical (unpaired) electrons. The second-order valence-corrected chi connectivity index (χ2v) is 4.90. The van der Waals surface area contributed by atoms with Gasteiger partial charge < -0.3 is 14.4 Å². The molecule has 3 rings (SSSR count). The minimum atomic E-state index is -0.0621. The second kappa shape index (κ2) is 5.47. The molecule has 1 aliphatic heterocycles. The van der Waals surface area contributed by atoms with Crippen LogP contribution in [0.4, 0.5) is 4.79 Å². The minimum absolute atomic E-state index is 0.0621. The van der Waals surface area contributed by atoms with E-state index in [4.69, 9.17) is 9.47 Å². The average molecular weight is 287 g/mol. The first-order valence-corrected chi connectivity index (χ1v) is 6.74. The van der Waals surface area contributed by atoms with Gasteiger partial charge in [0.05, 0.1) is 14.2 Å². The van der Waals surface area contributed by atoms with Gasteiger partial charge in [-0.05, 0) is 29.7 Å². The number of carbonyl (C=O) groups is 1. The first-order chi connectivity index (χ1) is 10.2. The number of rotatable bonds is 2. The Labute approximate surface area is 122 Å². The third kappa shape index (κ3) is 2.44. The SMILES string of the molecule is COc1cc2c(cc1OC)CN(C(=O)n1ccnc1)CC2. The zero-order chi connectivity index (χ0) is 14.8. The van der Waals surface area contributed by atoms with E-state index in [2.05, 4.69) is 4.98 Å². The van der Waals surface area contributed by atoms with E-state index in [9.17, 15) is 4.79 Å². The van der Waals surface area contributed by atoms with E-state index in [1.807, 2.05) is 12.1 Å². The van der Waals surface area contributed by atoms with Gasteiger partial charge in [-0.25, -0.2) is 9.78 Å². The van der Waals surface area contributed by atoms with Gasteiger partial charge in [-0.2, -0.15) is 0 Å². The predicted octanol–water partition coefficient (Wildman–Crippen LogP) is 1.93. The molecule has 0 aliphatic carbocycles. The molecule has 110 valence electrons. The largest absolute Gasteiger partial charge is 0.493 e. The molecule has 2 heterocycles. The molecule has 0 saturated heterocycles. The highest BCUT2D eigenvalue weighted by atomic mass is 16.5. The summed E-state index contributed by atoms with van der Waals surface area (Å²) in [4.78, 5) is 18.1. The molecule has 0 atom stereocenters. The molecule has 0 bridgehead atoms. The van der Waals surface area contributed by atoms with Gasteiger partial charge in [0.25, 0.3) is 0 Å². The lowest BCUT2D eigenvalue weighted by atomic mass is 9.99. The first kappa shape index (κ1) is 13.5. The number of amides is 1. The molecule has 1 aliphatic rings. The lowest BCUT2D eigenvalue weighted by Gasteiger charge is -2.29. The first-order valence-electron chi connectivity index (χ1n) is 6.74. The van der Waals surface area contributed by atoms with E-state index in [0.717, 1.165) is 17.7 Å². The molecule has 6 nitrogen and oxygen atoms in total. The fourth-order valence-electron chi connectivity index (χ4n) is 2.58. The zero-order valence-electron chi connectivity index (χ0n) is 12.1. The van der Waals surface area contributed by atoms with Crippen LogP contribution < -0.4 is 9.47 Å². The third-order valence-electron chi connectivity index (χ3n) is 3.71. The van der Waals surface area contributed by atoms with E-state index in [1.165, 1.54) is 16.5 Å². The zero-order valence-corrected chi connectivity index (χ0v) is 12.1. The number of fused-ring (bicyclic) bond motifs is 1. The Kier molecular flexibility index (Phi) is 3.51. The summed E-state index contributed by atoms with van der Waals surface area (Å²) in [6.07, 6.45) is 5.58. The van der Waals surface area contributed by atoms with Crippen molar-refractivity contribution in [2.24, 2.45) is 0 Å². The van der Waals surface area contributed by atoms with E-state index in [0.29, 0.717) is 18.8 Å². The molecular weight excluding hydrogens is 270 g/mol. The van der Waals surface area contributed by atoms with Crippen LogP contribution in [0.25, 0.3) is 0 Å². The average Bonchev–Trinajstić information content (AvgIpc) is 3.06. The van der Waals surface area contributed by atoms with Crippen molar-refractivity contribution in [3.05, 3.63) is 42.0 Å². The Morgan fingerprint density at radius 2 is 1.90 bits per heavy atom. The van der Waals surface area contributed by atoms with E-state index in [1.54, 1.807) is 31.5 Å². The van der Waals surface area contributed by atoms with Crippen LogP contribution in [0.15, 0.2) is 30.9 Å². The highest BCUT2D eigenvalue weighted by molar-refractivity contribution is 5.77. The van der Waals surface area contributed by atoms with Crippen molar-refractivity contribution in [3.8, 4) is 11.5 Å². The normalized spacial score (nSPS) is 13.7. The molecule has 1 amide bonds. The van der Waals surface area contributed by atoms with Gasteiger partial charge in [0.2, 0.25) is 0 Å². The third-order valence-corrected chi connectivity index (χ3v) is 3.71. The summed E-state index contributed by atoms with van der Waals surface area (Å²) in [6, 6.07) is 3.88. The fourth-order valence-corrected chi connectivity index (χ4v) is 2.58. The van der Waals surface area contributed by atoms with Gasteiger partial charge in [-0.1, -0.05) is 0 Å². The van der Waals surface area contributed by atoms with E-state index >= 15 is 0 Å². The Morgan fingerprint density at radius 1 is 1.19 bits per heavy atom. The van der Waals surface area contributed by atoms with Crippen molar-refractivity contribution in [1.82, 2.24) is 14.5 Å². The molecular formula is C15H17N3O3. The number of carbonyl (C=O) groups excluding carboxylic acids is 1. The number of imidazole rings is 1. The lowest BCUT2D eigenvalue weighted by molar-refractivity contribution is 0.194. The molecule has 0 saturated carbocycles. The molecule has 0 spiro atoms. The summed E-state index contributed by atoms with van der Waals surface area (Å²) in [6.45, 7) is 1.24. The van der Waals surface area contributed by atoms with Crippen LogP contribution in [-0.4, -0.2) is 41.2 Å². The Bertz CT molecular complexity index is 652. The van der Waals surface area contributed by atoms with Gasteiger partial charge in [0.1, 0.15) is 6.33 Å². The molecule has 1 aromatic heterocycles. The van der Waals surface area contributed by atoms with E-state index < -0.39 is 0 Å². The molecule has 0 N–H and O–H groups in total. The van der Waals surface area contributed by atoms with Crippen molar-refractivity contribution in [1.29, 1.82) is 0 Å². The van der Waals surface area contributed by atoms with Crippen LogP contribution in [0.1, 0.15) is 11.1 Å². The smallest absolute Gasteiger partial charge is 0.329 e. The minimum Gasteiger partial charge on any atom is -0.493 e. The van der Waals surface area contributed by atoms with Crippen molar-refractivity contribution >= 4 is 6.03 Å². The molecule has 0 fully saturated rings. The van der Waals surface area contributed by atoms with E-state index in [-0.39, 0.29) is 6.03 Å². The topological polar surface area (TPSA) is 56.6 Å². The summed E-state index contributed by atoms with van der Waals surface area (Å²) in [5.41, 5.74) is 2.29. The van der Waals surface area contributed by atoms with Crippen molar-refractivity contribution in [2.45, 2.75) is 13.0 Å². The lowest BCUT2D eigenvalue weighted by Crippen LogP contribution is -2.38. The Balaban J connectivity index is 1.86. The molecule has 21 heavy (non-hydrogen) atoms. The summed E-state index contributed by atoms with van der Waals surface area (Å²) in [5, 5.41) is 0. The van der Waals surface area contributed by atoms with Crippen LogP contribution >= 0.6 is 0 Å². The molecule has 0 unspecified atom stereocenters. The summed E-state index contributed by atoms with van der Waals surface area (Å²) < 4.78 is 12.1. The van der Waals surface area contributed by atoms with Crippen LogP contribution in [0, 0.1) is 0 Å². The summed E-state index contributed by atoms with van der Waals surface area (Å²) >= 11 is 0. The van der Waals surface area contributed by atoms with Crippen molar-refractivity contribution in [3.63, 3.8) is 0 Å². The Hall–Kier alpha value is -2.50. The molecule has 6 heteroatoms. The van der Waals surface area contributed by atoms with Gasteiger partial charge in [0, 0.05) is 25.5 Å². The molecule has 2 aromatic rings. The number of aromatic nitrogens is 2. The van der Waals surface area contributed by atoms with Crippen LogP contribution in [0.5, 0.6) is 11.5 Å². The van der Waals surface area contributed by atoms with Crippen LogP contribution in [0.2, 0.25) is 0 Å². The standard InChI is InChI=1S/C15H17N3O3/c1-20-13-7-11-3-5-17(9-12(11)8-14(13)21-2)15(19)18-6-4-16-10-18/h4,6-8,10H,3,5,9H2,1-2H3. The number of benzene rings is 1. The number of methoxy groups -OCH3 is 2. The maximum Gasteiger partial charge on any atom is 0.329 e. The summed E-state index contributed by atoms with van der Waals surface area (Å²) in [7, 11) is 3.24. The van der Waals surface area contributed by atoms with Crippen molar-refractivity contribution in [2.75, 3.05) is 20.8 Å². The van der Waals surface area contributed by atoms with Crippen LogP contribution in [0.3, 0.4) is 0 Å².